The molecule has 0 saturated heterocycles. The largest absolute Gasteiger partial charge is 0.344 e. The van der Waals surface area contributed by atoms with Gasteiger partial charge in [0, 0.05) is 18.2 Å². The van der Waals surface area contributed by atoms with Crippen molar-refractivity contribution in [2.24, 2.45) is 0 Å². The molecule has 0 fully saturated rings. The lowest BCUT2D eigenvalue weighted by Crippen LogP contribution is -2.49. The van der Waals surface area contributed by atoms with Crippen molar-refractivity contribution in [3.63, 3.8) is 0 Å². The lowest BCUT2D eigenvalue weighted by Gasteiger charge is -2.35. The predicted molar refractivity (Wildman–Crippen MR) is 85.2 cm³/mol. The average molecular weight is 355 g/mol. The number of fused-ring (bicyclic) bond motifs is 1. The first-order valence-electron chi connectivity index (χ1n) is 6.97. The van der Waals surface area contributed by atoms with Gasteiger partial charge in [-0.2, -0.15) is 0 Å². The Morgan fingerprint density at radius 1 is 1.35 bits per heavy atom. The zero-order chi connectivity index (χ0) is 16.4. The molecule has 9 heteroatoms. The van der Waals surface area contributed by atoms with Crippen LogP contribution >= 0.6 is 11.6 Å². The maximum atomic E-state index is 12.9. The highest BCUT2D eigenvalue weighted by atomic mass is 35.5. The first-order valence-corrected chi connectivity index (χ1v) is 8.78. The molecule has 0 bridgehead atoms. The van der Waals surface area contributed by atoms with Crippen LogP contribution in [-0.4, -0.2) is 35.6 Å². The average Bonchev–Trinajstić information content (AvgIpc) is 2.53. The van der Waals surface area contributed by atoms with Gasteiger partial charge in [0.1, 0.15) is 11.2 Å². The van der Waals surface area contributed by atoms with Crippen LogP contribution in [0.25, 0.3) is 0 Å². The summed E-state index contributed by atoms with van der Waals surface area (Å²) in [5.41, 5.74) is 0.796. The molecule has 1 aliphatic rings. The number of hydrogen-bond acceptors (Lipinski definition) is 6. The van der Waals surface area contributed by atoms with Gasteiger partial charge in [0.15, 0.2) is 5.82 Å². The van der Waals surface area contributed by atoms with Crippen molar-refractivity contribution in [1.82, 2.24) is 14.3 Å². The van der Waals surface area contributed by atoms with E-state index in [1.807, 2.05) is 0 Å². The zero-order valence-corrected chi connectivity index (χ0v) is 13.9. The molecule has 122 valence electrons. The lowest BCUT2D eigenvalue weighted by molar-refractivity contribution is 0.00161. The molecule has 2 heterocycles. The summed E-state index contributed by atoms with van der Waals surface area (Å²) >= 11 is 5.87. The summed E-state index contributed by atoms with van der Waals surface area (Å²) in [5, 5.41) is 3.57. The molecule has 1 aliphatic heterocycles. The smallest absolute Gasteiger partial charge is 0.252 e. The minimum Gasteiger partial charge on any atom is -0.344 e. The molecule has 23 heavy (non-hydrogen) atoms. The molecule has 0 aliphatic carbocycles. The van der Waals surface area contributed by atoms with Crippen molar-refractivity contribution in [3.05, 3.63) is 47.4 Å². The predicted octanol–water partition coefficient (Wildman–Crippen LogP) is 2.07. The number of nitrogens with one attached hydrogen (secondary N) is 1. The second-order valence-electron chi connectivity index (χ2n) is 4.86. The Balaban J connectivity index is 1.99. The third-order valence-electron chi connectivity index (χ3n) is 3.36. The van der Waals surface area contributed by atoms with Crippen LogP contribution in [0, 0.1) is 0 Å². The van der Waals surface area contributed by atoms with Crippen molar-refractivity contribution in [1.29, 1.82) is 0 Å². The lowest BCUT2D eigenvalue weighted by atomic mass is 10.2. The summed E-state index contributed by atoms with van der Waals surface area (Å²) in [6.07, 6.45) is 1.74. The summed E-state index contributed by atoms with van der Waals surface area (Å²) in [6, 6.07) is 6.98. The highest BCUT2D eigenvalue weighted by Gasteiger charge is 2.39. The van der Waals surface area contributed by atoms with Gasteiger partial charge in [-0.15, -0.1) is 4.31 Å². The highest BCUT2D eigenvalue weighted by Crippen LogP contribution is 2.31. The zero-order valence-electron chi connectivity index (χ0n) is 12.3. The van der Waals surface area contributed by atoms with Gasteiger partial charge in [0.25, 0.3) is 10.0 Å². The van der Waals surface area contributed by atoms with E-state index in [1.54, 1.807) is 31.2 Å². The minimum atomic E-state index is -3.77. The highest BCUT2D eigenvalue weighted by molar-refractivity contribution is 7.89. The van der Waals surface area contributed by atoms with E-state index in [0.717, 1.165) is 5.56 Å². The van der Waals surface area contributed by atoms with Crippen LogP contribution in [0.4, 0.5) is 5.82 Å². The van der Waals surface area contributed by atoms with Crippen LogP contribution in [-0.2, 0) is 21.3 Å². The van der Waals surface area contributed by atoms with Crippen molar-refractivity contribution in [2.45, 2.75) is 24.7 Å². The monoisotopic (exact) mass is 354 g/mol. The van der Waals surface area contributed by atoms with Gasteiger partial charge in [-0.1, -0.05) is 23.7 Å². The van der Waals surface area contributed by atoms with Gasteiger partial charge in [0.2, 0.25) is 6.35 Å². The molecule has 1 aromatic carbocycles. The molecule has 0 saturated carbocycles. The summed E-state index contributed by atoms with van der Waals surface area (Å²) in [5.74, 6) is 0.241. The van der Waals surface area contributed by atoms with E-state index in [1.165, 1.54) is 16.8 Å². The Bertz CT molecular complexity index is 798. The third kappa shape index (κ3) is 3.16. The van der Waals surface area contributed by atoms with Gasteiger partial charge in [-0.05, 0) is 24.6 Å². The van der Waals surface area contributed by atoms with Gasteiger partial charge in [-0.3, -0.25) is 0 Å². The fourth-order valence-electron chi connectivity index (χ4n) is 2.28. The summed E-state index contributed by atoms with van der Waals surface area (Å²) in [6.45, 7) is 2.29. The molecule has 1 N–H and O–H groups in total. The van der Waals surface area contributed by atoms with Crippen LogP contribution < -0.4 is 5.32 Å². The Labute approximate surface area is 139 Å². The Kier molecular flexibility index (Phi) is 4.49. The summed E-state index contributed by atoms with van der Waals surface area (Å²) in [7, 11) is -3.77. The van der Waals surface area contributed by atoms with Gasteiger partial charge < -0.3 is 10.1 Å². The van der Waals surface area contributed by atoms with E-state index in [4.69, 9.17) is 16.3 Å². The quantitative estimate of drug-likeness (QED) is 0.904. The molecular formula is C14H15ClN4O3S. The fraction of sp³-hybridized carbons (Fsp3) is 0.286. The standard InChI is InChI=1S/C14H15ClN4O3S/c1-2-22-14-18-13-12(7-16-9-17-13)23(20,21)19(14)8-10-3-5-11(15)6-4-10/h3-7,9,14H,2,8H2,1H3,(H,16,17,18). The van der Waals surface area contributed by atoms with E-state index >= 15 is 0 Å². The molecule has 1 unspecified atom stereocenters. The first-order chi connectivity index (χ1) is 11.0. The van der Waals surface area contributed by atoms with Crippen LogP contribution in [0.5, 0.6) is 0 Å². The van der Waals surface area contributed by atoms with E-state index in [0.29, 0.717) is 11.6 Å². The fourth-order valence-corrected chi connectivity index (χ4v) is 3.89. The maximum absolute atomic E-state index is 12.9. The number of aromatic nitrogens is 2. The Morgan fingerprint density at radius 3 is 2.78 bits per heavy atom. The van der Waals surface area contributed by atoms with Crippen molar-refractivity contribution < 1.29 is 13.2 Å². The molecule has 0 radical (unpaired) electrons. The van der Waals surface area contributed by atoms with Gasteiger partial charge in [-0.25, -0.2) is 18.4 Å². The van der Waals surface area contributed by atoms with Crippen LogP contribution in [0.15, 0.2) is 41.7 Å². The van der Waals surface area contributed by atoms with Crippen molar-refractivity contribution in [2.75, 3.05) is 11.9 Å². The topological polar surface area (TPSA) is 84.4 Å². The SMILES string of the molecule is CCOC1Nc2ncncc2S(=O)(=O)N1Cc1ccc(Cl)cc1. The van der Waals surface area contributed by atoms with Gasteiger partial charge >= 0.3 is 0 Å². The van der Waals surface area contributed by atoms with E-state index < -0.39 is 16.4 Å². The summed E-state index contributed by atoms with van der Waals surface area (Å²) in [4.78, 5) is 7.81. The first kappa shape index (κ1) is 16.1. The van der Waals surface area contributed by atoms with Crippen LogP contribution in [0.3, 0.4) is 0 Å². The van der Waals surface area contributed by atoms with Crippen molar-refractivity contribution >= 4 is 27.4 Å². The van der Waals surface area contributed by atoms with Gasteiger partial charge in [0.05, 0.1) is 6.20 Å². The number of halogens is 1. The maximum Gasteiger partial charge on any atom is 0.252 e. The Hall–Kier alpha value is -1.74. The number of ether oxygens (including phenoxy) is 1. The molecule has 7 nitrogen and oxygen atoms in total. The van der Waals surface area contributed by atoms with E-state index in [9.17, 15) is 8.42 Å². The molecule has 3 rings (SSSR count). The molecule has 0 amide bonds. The second kappa shape index (κ2) is 6.40. The number of nitrogens with zero attached hydrogens (tertiary/aromatic N) is 3. The van der Waals surface area contributed by atoms with E-state index in [-0.39, 0.29) is 17.3 Å². The molecular weight excluding hydrogens is 340 g/mol. The number of benzene rings is 1. The Morgan fingerprint density at radius 2 is 2.09 bits per heavy atom. The molecule has 0 spiro atoms. The number of rotatable bonds is 4. The van der Waals surface area contributed by atoms with Crippen LogP contribution in [0.2, 0.25) is 5.02 Å². The van der Waals surface area contributed by atoms with Crippen LogP contribution in [0.1, 0.15) is 12.5 Å². The minimum absolute atomic E-state index is 0.0323. The number of sulfonamides is 1. The molecule has 1 aromatic heterocycles. The number of hydrogen-bond donors (Lipinski definition) is 1. The van der Waals surface area contributed by atoms with Crippen molar-refractivity contribution in [3.8, 4) is 0 Å². The normalized spacial score (nSPS) is 19.8. The summed E-state index contributed by atoms with van der Waals surface area (Å²) < 4.78 is 32.5. The third-order valence-corrected chi connectivity index (χ3v) is 5.41. The molecule has 1 atom stereocenters. The van der Waals surface area contributed by atoms with E-state index in [2.05, 4.69) is 15.3 Å². The second-order valence-corrected chi connectivity index (χ2v) is 7.16. The number of anilines is 1. The molecule has 2 aromatic rings.